The van der Waals surface area contributed by atoms with Crippen LogP contribution in [0.25, 0.3) is 0 Å². The molecule has 1 saturated heterocycles. The van der Waals surface area contributed by atoms with E-state index in [2.05, 4.69) is 5.32 Å². The summed E-state index contributed by atoms with van der Waals surface area (Å²) in [7, 11) is -4.09. The molecular formula is C18H17F2N3O5S. The van der Waals surface area contributed by atoms with Crippen LogP contribution in [0, 0.1) is 21.7 Å². The van der Waals surface area contributed by atoms with Gasteiger partial charge in [0, 0.05) is 30.4 Å². The van der Waals surface area contributed by atoms with E-state index in [0.29, 0.717) is 12.8 Å². The average Bonchev–Trinajstić information content (AvgIpc) is 2.70. The second kappa shape index (κ2) is 8.21. The zero-order valence-corrected chi connectivity index (χ0v) is 15.9. The van der Waals surface area contributed by atoms with Gasteiger partial charge in [-0.2, -0.15) is 4.31 Å². The number of carbonyl (C=O) groups is 1. The highest BCUT2D eigenvalue weighted by molar-refractivity contribution is 7.89. The van der Waals surface area contributed by atoms with Crippen LogP contribution in [0.4, 0.5) is 20.2 Å². The van der Waals surface area contributed by atoms with Crippen molar-refractivity contribution in [3.63, 3.8) is 0 Å². The summed E-state index contributed by atoms with van der Waals surface area (Å²) in [5.41, 5.74) is -0.248. The van der Waals surface area contributed by atoms with Crippen molar-refractivity contribution in [3.8, 4) is 0 Å². The van der Waals surface area contributed by atoms with Crippen LogP contribution in [-0.4, -0.2) is 36.1 Å². The highest BCUT2D eigenvalue weighted by Gasteiger charge is 2.37. The van der Waals surface area contributed by atoms with Gasteiger partial charge in [0.25, 0.3) is 5.69 Å². The number of anilines is 1. The smallest absolute Gasteiger partial charge is 0.269 e. The van der Waals surface area contributed by atoms with Gasteiger partial charge in [0.2, 0.25) is 15.9 Å². The molecule has 0 spiro atoms. The summed E-state index contributed by atoms with van der Waals surface area (Å²) in [6.07, 6.45) is 1.41. The van der Waals surface area contributed by atoms with Crippen molar-refractivity contribution in [2.75, 3.05) is 11.9 Å². The van der Waals surface area contributed by atoms with Gasteiger partial charge in [-0.15, -0.1) is 0 Å². The fraction of sp³-hybridized carbons (Fsp3) is 0.278. The van der Waals surface area contributed by atoms with Crippen molar-refractivity contribution in [2.45, 2.75) is 30.2 Å². The van der Waals surface area contributed by atoms with Crippen LogP contribution in [0.5, 0.6) is 0 Å². The molecule has 1 amide bonds. The summed E-state index contributed by atoms with van der Waals surface area (Å²) < 4.78 is 53.5. The number of benzene rings is 2. The molecule has 0 saturated carbocycles. The molecule has 0 aliphatic carbocycles. The van der Waals surface area contributed by atoms with E-state index in [-0.39, 0.29) is 29.2 Å². The normalized spacial score (nSPS) is 17.7. The van der Waals surface area contributed by atoms with E-state index in [1.165, 1.54) is 6.07 Å². The Bertz CT molecular complexity index is 1040. The van der Waals surface area contributed by atoms with Crippen LogP contribution in [0.15, 0.2) is 47.4 Å². The monoisotopic (exact) mass is 425 g/mol. The zero-order chi connectivity index (χ0) is 21.2. The predicted octanol–water partition coefficient (Wildman–Crippen LogP) is 3.05. The molecule has 11 heteroatoms. The van der Waals surface area contributed by atoms with Gasteiger partial charge < -0.3 is 5.32 Å². The molecule has 1 heterocycles. The minimum Gasteiger partial charge on any atom is -0.325 e. The number of nitro groups is 1. The van der Waals surface area contributed by atoms with Crippen LogP contribution in [0.3, 0.4) is 0 Å². The van der Waals surface area contributed by atoms with Gasteiger partial charge in [0.05, 0.1) is 9.82 Å². The lowest BCUT2D eigenvalue weighted by Gasteiger charge is -2.33. The number of hydrogen-bond donors (Lipinski definition) is 1. The molecule has 0 unspecified atom stereocenters. The SMILES string of the molecule is O=C(Nc1ccc(F)c(F)c1)[C@@H]1CCCCN1S(=O)(=O)c1ccc([N+](=O)[O-])cc1. The Balaban J connectivity index is 1.85. The number of rotatable bonds is 5. The van der Waals surface area contributed by atoms with Crippen molar-refractivity contribution in [3.05, 3.63) is 64.2 Å². The largest absolute Gasteiger partial charge is 0.325 e. The number of halogens is 2. The van der Waals surface area contributed by atoms with Gasteiger partial charge >= 0.3 is 0 Å². The number of nitrogens with one attached hydrogen (secondary N) is 1. The van der Waals surface area contributed by atoms with E-state index in [0.717, 1.165) is 40.7 Å². The third-order valence-electron chi connectivity index (χ3n) is 4.60. The number of non-ortho nitro benzene ring substituents is 1. The van der Waals surface area contributed by atoms with Crippen molar-refractivity contribution < 1.29 is 26.9 Å². The van der Waals surface area contributed by atoms with Crippen LogP contribution in [-0.2, 0) is 14.8 Å². The van der Waals surface area contributed by atoms with Crippen LogP contribution >= 0.6 is 0 Å². The third kappa shape index (κ3) is 4.40. The lowest BCUT2D eigenvalue weighted by Crippen LogP contribution is -2.49. The van der Waals surface area contributed by atoms with E-state index in [1.54, 1.807) is 0 Å². The number of amides is 1. The van der Waals surface area contributed by atoms with Crippen LogP contribution < -0.4 is 5.32 Å². The summed E-state index contributed by atoms with van der Waals surface area (Å²) in [5.74, 6) is -2.87. The standard InChI is InChI=1S/C18H17F2N3O5S/c19-15-9-4-12(11-16(15)20)21-18(24)17-3-1-2-10-22(17)29(27,28)14-7-5-13(6-8-14)23(25)26/h4-9,11,17H,1-3,10H2,(H,21,24)/t17-/m0/s1. The molecule has 3 rings (SSSR count). The second-order valence-electron chi connectivity index (χ2n) is 6.50. The first-order valence-electron chi connectivity index (χ1n) is 8.72. The maximum atomic E-state index is 13.4. The fourth-order valence-corrected chi connectivity index (χ4v) is 4.79. The quantitative estimate of drug-likeness (QED) is 0.585. The van der Waals surface area contributed by atoms with Crippen molar-refractivity contribution in [1.82, 2.24) is 4.31 Å². The number of carbonyl (C=O) groups excluding carboxylic acids is 1. The Labute approximate surface area is 165 Å². The summed E-state index contributed by atoms with van der Waals surface area (Å²) in [6, 6.07) is 6.19. The minimum absolute atomic E-state index is 0.00663. The molecular weight excluding hydrogens is 408 g/mol. The Morgan fingerprint density at radius 1 is 1.10 bits per heavy atom. The van der Waals surface area contributed by atoms with Gasteiger partial charge in [0.1, 0.15) is 6.04 Å². The molecule has 1 aliphatic heterocycles. The third-order valence-corrected chi connectivity index (χ3v) is 6.52. The van der Waals surface area contributed by atoms with Crippen LogP contribution in [0.2, 0.25) is 0 Å². The zero-order valence-electron chi connectivity index (χ0n) is 15.0. The second-order valence-corrected chi connectivity index (χ2v) is 8.39. The Hall–Kier alpha value is -2.92. The van der Waals surface area contributed by atoms with Crippen LogP contribution in [0.1, 0.15) is 19.3 Å². The molecule has 1 atom stereocenters. The lowest BCUT2D eigenvalue weighted by atomic mass is 10.0. The topological polar surface area (TPSA) is 110 Å². The molecule has 1 N–H and O–H groups in total. The van der Waals surface area contributed by atoms with Gasteiger partial charge in [0.15, 0.2) is 11.6 Å². The van der Waals surface area contributed by atoms with E-state index in [1.807, 2.05) is 0 Å². The summed E-state index contributed by atoms with van der Waals surface area (Å²) in [4.78, 5) is 22.6. The number of nitrogens with zero attached hydrogens (tertiary/aromatic N) is 2. The molecule has 8 nitrogen and oxygen atoms in total. The predicted molar refractivity (Wildman–Crippen MR) is 99.6 cm³/mol. The highest BCUT2D eigenvalue weighted by atomic mass is 32.2. The van der Waals surface area contributed by atoms with E-state index < -0.39 is 38.5 Å². The Morgan fingerprint density at radius 3 is 2.41 bits per heavy atom. The van der Waals surface area contributed by atoms with E-state index in [4.69, 9.17) is 0 Å². The van der Waals surface area contributed by atoms with Crippen molar-refractivity contribution in [2.24, 2.45) is 0 Å². The maximum absolute atomic E-state index is 13.4. The number of piperidine rings is 1. The maximum Gasteiger partial charge on any atom is 0.269 e. The van der Waals surface area contributed by atoms with Crippen molar-refractivity contribution >= 4 is 27.3 Å². The minimum atomic E-state index is -4.09. The first kappa shape index (κ1) is 20.8. The Kier molecular flexibility index (Phi) is 5.89. The number of hydrogen-bond acceptors (Lipinski definition) is 5. The molecule has 1 aliphatic rings. The van der Waals surface area contributed by atoms with E-state index in [9.17, 15) is 32.1 Å². The summed E-state index contributed by atoms with van der Waals surface area (Å²) >= 11 is 0. The van der Waals surface area contributed by atoms with Gasteiger partial charge in [-0.1, -0.05) is 6.42 Å². The molecule has 29 heavy (non-hydrogen) atoms. The van der Waals surface area contributed by atoms with Crippen molar-refractivity contribution in [1.29, 1.82) is 0 Å². The molecule has 154 valence electrons. The number of sulfonamides is 1. The first-order valence-corrected chi connectivity index (χ1v) is 10.2. The first-order chi connectivity index (χ1) is 13.7. The molecule has 0 aromatic heterocycles. The number of nitro benzene ring substituents is 1. The molecule has 2 aromatic rings. The van der Waals surface area contributed by atoms with Gasteiger partial charge in [-0.3, -0.25) is 14.9 Å². The van der Waals surface area contributed by atoms with Gasteiger partial charge in [-0.25, -0.2) is 17.2 Å². The lowest BCUT2D eigenvalue weighted by molar-refractivity contribution is -0.384. The van der Waals surface area contributed by atoms with E-state index >= 15 is 0 Å². The molecule has 0 bridgehead atoms. The van der Waals surface area contributed by atoms with Gasteiger partial charge in [-0.05, 0) is 37.1 Å². The molecule has 1 fully saturated rings. The highest BCUT2D eigenvalue weighted by Crippen LogP contribution is 2.27. The Morgan fingerprint density at radius 2 is 1.79 bits per heavy atom. The fourth-order valence-electron chi connectivity index (χ4n) is 3.13. The molecule has 2 aromatic carbocycles. The summed E-state index contributed by atoms with van der Waals surface area (Å²) in [5, 5.41) is 13.2. The molecule has 0 radical (unpaired) electrons. The average molecular weight is 425 g/mol. The summed E-state index contributed by atoms with van der Waals surface area (Å²) in [6.45, 7) is 0.0924.